The van der Waals surface area contributed by atoms with E-state index in [1.54, 1.807) is 0 Å². The molecular formula is C24H27N3. The summed E-state index contributed by atoms with van der Waals surface area (Å²) < 4.78 is 2.07. The van der Waals surface area contributed by atoms with Gasteiger partial charge in [0.2, 0.25) is 0 Å². The highest BCUT2D eigenvalue weighted by Gasteiger charge is 2.07. The van der Waals surface area contributed by atoms with Gasteiger partial charge in [0.15, 0.2) is 0 Å². The van der Waals surface area contributed by atoms with Crippen molar-refractivity contribution in [3.8, 4) is 23.1 Å². The van der Waals surface area contributed by atoms with Crippen molar-refractivity contribution in [2.45, 2.75) is 39.0 Å². The fourth-order valence-electron chi connectivity index (χ4n) is 3.69. The van der Waals surface area contributed by atoms with E-state index < -0.39 is 0 Å². The zero-order chi connectivity index (χ0) is 18.5. The topological polar surface area (TPSA) is 20.5 Å². The largest absolute Gasteiger partial charge is 0.306 e. The third kappa shape index (κ3) is 4.59. The van der Waals surface area contributed by atoms with E-state index in [1.807, 2.05) is 0 Å². The van der Waals surface area contributed by atoms with E-state index in [4.69, 9.17) is 4.98 Å². The minimum atomic E-state index is 0.952. The van der Waals surface area contributed by atoms with Crippen LogP contribution < -0.4 is 0 Å². The summed E-state index contributed by atoms with van der Waals surface area (Å²) in [5, 5.41) is 0. The lowest BCUT2D eigenvalue weighted by Gasteiger charge is -2.17. The number of rotatable bonds is 3. The maximum atomic E-state index is 4.73. The van der Waals surface area contributed by atoms with Crippen LogP contribution in [-0.2, 0) is 0 Å². The van der Waals surface area contributed by atoms with Gasteiger partial charge in [-0.1, -0.05) is 36.8 Å². The first kappa shape index (κ1) is 17.8. The van der Waals surface area contributed by atoms with Crippen molar-refractivity contribution >= 4 is 5.65 Å². The molecule has 0 saturated carbocycles. The molecule has 2 aromatic heterocycles. The number of fused-ring (bicyclic) bond motifs is 1. The van der Waals surface area contributed by atoms with Crippen LogP contribution in [0.5, 0.6) is 0 Å². The fourth-order valence-corrected chi connectivity index (χ4v) is 3.69. The molecule has 27 heavy (non-hydrogen) atoms. The Labute approximate surface area is 162 Å². The van der Waals surface area contributed by atoms with Gasteiger partial charge in [0.25, 0.3) is 0 Å². The first-order valence-corrected chi connectivity index (χ1v) is 10.0. The van der Waals surface area contributed by atoms with Crippen LogP contribution >= 0.6 is 0 Å². The van der Waals surface area contributed by atoms with Gasteiger partial charge in [-0.3, -0.25) is 0 Å². The molecule has 0 spiro atoms. The van der Waals surface area contributed by atoms with Gasteiger partial charge in [-0.2, -0.15) is 0 Å². The van der Waals surface area contributed by atoms with E-state index in [0.29, 0.717) is 0 Å². The van der Waals surface area contributed by atoms with E-state index in [0.717, 1.165) is 35.4 Å². The quantitative estimate of drug-likeness (QED) is 0.620. The summed E-state index contributed by atoms with van der Waals surface area (Å²) in [6.45, 7) is 5.68. The third-order valence-corrected chi connectivity index (χ3v) is 5.28. The Morgan fingerprint density at radius 3 is 2.56 bits per heavy atom. The van der Waals surface area contributed by atoms with Crippen molar-refractivity contribution in [1.82, 2.24) is 14.3 Å². The van der Waals surface area contributed by atoms with Crippen molar-refractivity contribution in [1.29, 1.82) is 0 Å². The molecule has 0 amide bonds. The molecule has 3 aromatic rings. The number of hydrogen-bond donors (Lipinski definition) is 0. The second kappa shape index (κ2) is 8.41. The molecule has 138 valence electrons. The minimum Gasteiger partial charge on any atom is -0.306 e. The molecule has 3 heteroatoms. The number of hydrogen-bond acceptors (Lipinski definition) is 2. The number of benzene rings is 1. The molecule has 1 aliphatic heterocycles. The first-order chi connectivity index (χ1) is 13.3. The Hall–Kier alpha value is -2.57. The Morgan fingerprint density at radius 2 is 1.78 bits per heavy atom. The SMILES string of the molecule is Cc1ccn2cc(-c3ccc(C#CCCN4CCCCCC4)cc3)nc2c1. The molecule has 1 fully saturated rings. The van der Waals surface area contributed by atoms with Crippen LogP contribution in [0, 0.1) is 18.8 Å². The standard InChI is InChI=1S/C24H27N3/c1-20-13-17-27-19-23(25-24(27)18-20)22-11-9-21(10-12-22)8-4-7-16-26-14-5-2-3-6-15-26/h9-13,17-19H,2-3,5-7,14-16H2,1H3. The monoisotopic (exact) mass is 357 g/mol. The highest BCUT2D eigenvalue weighted by molar-refractivity contribution is 5.63. The van der Waals surface area contributed by atoms with Crippen LogP contribution in [0.2, 0.25) is 0 Å². The van der Waals surface area contributed by atoms with Crippen LogP contribution in [0.25, 0.3) is 16.9 Å². The zero-order valence-corrected chi connectivity index (χ0v) is 16.1. The fraction of sp³-hybridized carbons (Fsp3) is 0.375. The van der Waals surface area contributed by atoms with Crippen LogP contribution in [0.3, 0.4) is 0 Å². The lowest BCUT2D eigenvalue weighted by Crippen LogP contribution is -2.25. The Bertz CT molecular complexity index is 949. The lowest BCUT2D eigenvalue weighted by atomic mass is 10.1. The lowest BCUT2D eigenvalue weighted by molar-refractivity contribution is 0.292. The summed E-state index contributed by atoms with van der Waals surface area (Å²) in [6, 6.07) is 12.6. The molecule has 0 bridgehead atoms. The molecular weight excluding hydrogens is 330 g/mol. The molecule has 0 radical (unpaired) electrons. The van der Waals surface area contributed by atoms with Crippen molar-refractivity contribution < 1.29 is 0 Å². The van der Waals surface area contributed by atoms with Crippen LogP contribution in [0.15, 0.2) is 48.8 Å². The normalized spacial score (nSPS) is 15.3. The van der Waals surface area contributed by atoms with E-state index in [1.165, 1.54) is 44.3 Å². The summed E-state index contributed by atoms with van der Waals surface area (Å²) >= 11 is 0. The molecule has 0 N–H and O–H groups in total. The van der Waals surface area contributed by atoms with Gasteiger partial charge >= 0.3 is 0 Å². The minimum absolute atomic E-state index is 0.952. The van der Waals surface area contributed by atoms with Crippen LogP contribution in [0.4, 0.5) is 0 Å². The molecule has 0 aliphatic carbocycles. The van der Waals surface area contributed by atoms with Gasteiger partial charge in [0.1, 0.15) is 5.65 Å². The molecule has 3 nitrogen and oxygen atoms in total. The molecule has 3 heterocycles. The van der Waals surface area contributed by atoms with Crippen LogP contribution in [-0.4, -0.2) is 33.9 Å². The second-order valence-corrected chi connectivity index (χ2v) is 7.48. The number of imidazole rings is 1. The zero-order valence-electron chi connectivity index (χ0n) is 16.1. The van der Waals surface area contributed by atoms with Gasteiger partial charge < -0.3 is 9.30 Å². The van der Waals surface area contributed by atoms with Crippen molar-refractivity contribution in [2.24, 2.45) is 0 Å². The van der Waals surface area contributed by atoms with Gasteiger partial charge in [0, 0.05) is 36.5 Å². The summed E-state index contributed by atoms with van der Waals surface area (Å²) in [5.41, 5.74) is 5.43. The van der Waals surface area contributed by atoms with Gasteiger partial charge in [-0.25, -0.2) is 4.98 Å². The molecule has 0 unspecified atom stereocenters. The maximum absolute atomic E-state index is 4.73. The average Bonchev–Trinajstić information content (AvgIpc) is 2.92. The van der Waals surface area contributed by atoms with Gasteiger partial charge in [0.05, 0.1) is 5.69 Å². The third-order valence-electron chi connectivity index (χ3n) is 5.28. The van der Waals surface area contributed by atoms with Crippen LogP contribution in [0.1, 0.15) is 43.2 Å². The summed E-state index contributed by atoms with van der Waals surface area (Å²) in [5.74, 6) is 6.66. The molecule has 1 saturated heterocycles. The van der Waals surface area contributed by atoms with E-state index in [2.05, 4.69) is 76.9 Å². The number of likely N-dealkylation sites (tertiary alicyclic amines) is 1. The average molecular weight is 358 g/mol. The molecule has 1 aliphatic rings. The molecule has 1 aromatic carbocycles. The Kier molecular flexibility index (Phi) is 5.55. The summed E-state index contributed by atoms with van der Waals surface area (Å²) in [6.07, 6.45) is 10.6. The van der Waals surface area contributed by atoms with Gasteiger partial charge in [-0.05, 0) is 62.7 Å². The first-order valence-electron chi connectivity index (χ1n) is 10.0. The highest BCUT2D eigenvalue weighted by Crippen LogP contribution is 2.20. The predicted octanol–water partition coefficient (Wildman–Crippen LogP) is 4.93. The molecule has 4 rings (SSSR count). The van der Waals surface area contributed by atoms with Crippen molar-refractivity contribution in [3.05, 3.63) is 59.9 Å². The van der Waals surface area contributed by atoms with Gasteiger partial charge in [-0.15, -0.1) is 0 Å². The van der Waals surface area contributed by atoms with Crippen molar-refractivity contribution in [2.75, 3.05) is 19.6 Å². The van der Waals surface area contributed by atoms with E-state index >= 15 is 0 Å². The van der Waals surface area contributed by atoms with Crippen molar-refractivity contribution in [3.63, 3.8) is 0 Å². The van der Waals surface area contributed by atoms with E-state index in [9.17, 15) is 0 Å². The van der Waals surface area contributed by atoms with E-state index in [-0.39, 0.29) is 0 Å². The number of aryl methyl sites for hydroxylation is 1. The highest BCUT2D eigenvalue weighted by atomic mass is 15.1. The number of pyridine rings is 1. The summed E-state index contributed by atoms with van der Waals surface area (Å²) in [4.78, 5) is 7.30. The Balaban J connectivity index is 1.38. The molecule has 0 atom stereocenters. The number of nitrogens with zero attached hydrogens (tertiary/aromatic N) is 3. The second-order valence-electron chi connectivity index (χ2n) is 7.48. The maximum Gasteiger partial charge on any atom is 0.137 e. The number of aromatic nitrogens is 2. The Morgan fingerprint density at radius 1 is 1.00 bits per heavy atom. The smallest absolute Gasteiger partial charge is 0.137 e. The summed E-state index contributed by atoms with van der Waals surface area (Å²) in [7, 11) is 0. The predicted molar refractivity (Wildman–Crippen MR) is 112 cm³/mol.